The van der Waals surface area contributed by atoms with Crippen molar-refractivity contribution < 1.29 is 23.8 Å². The van der Waals surface area contributed by atoms with Crippen LogP contribution in [0.25, 0.3) is 16.8 Å². The fourth-order valence-electron chi connectivity index (χ4n) is 3.70. The number of aromatic nitrogens is 2. The lowest BCUT2D eigenvalue weighted by Gasteiger charge is -2.18. The highest BCUT2D eigenvalue weighted by atomic mass is 35.5. The fourth-order valence-corrected chi connectivity index (χ4v) is 3.92. The van der Waals surface area contributed by atoms with Crippen molar-refractivity contribution in [2.75, 3.05) is 6.61 Å². The number of amides is 1. The van der Waals surface area contributed by atoms with Crippen LogP contribution in [0.4, 0.5) is 4.39 Å². The van der Waals surface area contributed by atoms with Gasteiger partial charge in [-0.1, -0.05) is 60.1 Å². The van der Waals surface area contributed by atoms with Gasteiger partial charge in [-0.2, -0.15) is 9.78 Å². The summed E-state index contributed by atoms with van der Waals surface area (Å²) in [5.41, 5.74) is 2.70. The minimum absolute atomic E-state index is 0.0517. The quantitative estimate of drug-likeness (QED) is 0.309. The van der Waals surface area contributed by atoms with Gasteiger partial charge in [0.05, 0.1) is 29.8 Å². The molecule has 7 nitrogen and oxygen atoms in total. The Morgan fingerprint density at radius 3 is 2.33 bits per heavy atom. The van der Waals surface area contributed by atoms with E-state index < -0.39 is 17.9 Å². The lowest BCUT2D eigenvalue weighted by molar-refractivity contribution is -0.143. The Balaban J connectivity index is 1.58. The summed E-state index contributed by atoms with van der Waals surface area (Å²) in [6.07, 6.45) is -0.104. The van der Waals surface area contributed by atoms with E-state index in [0.29, 0.717) is 16.3 Å². The van der Waals surface area contributed by atoms with Crippen LogP contribution in [0.15, 0.2) is 78.9 Å². The number of benzene rings is 3. The number of halogens is 2. The van der Waals surface area contributed by atoms with E-state index >= 15 is 0 Å². The highest BCUT2D eigenvalue weighted by molar-refractivity contribution is 6.32. The standard InChI is InChI=1S/C27H23ClFN3O4/c1-2-36-26(34)16-22(19-9-7-17(8-10-19)18-11-13-20(29)14-12-18)30-27(35)23-15-25(33)32(31-23)24-6-4-3-5-21(24)28/h3-15,22,33H,2,16H2,1H3,(H,30,35). The summed E-state index contributed by atoms with van der Waals surface area (Å²) in [7, 11) is 0. The number of carbonyl (C=O) groups excluding carboxylic acids is 2. The van der Waals surface area contributed by atoms with Gasteiger partial charge in [-0.05, 0) is 47.9 Å². The van der Waals surface area contributed by atoms with Crippen molar-refractivity contribution in [1.82, 2.24) is 15.1 Å². The number of esters is 1. The van der Waals surface area contributed by atoms with Gasteiger partial charge in [0.1, 0.15) is 5.82 Å². The predicted octanol–water partition coefficient (Wildman–Crippen LogP) is 5.46. The number of ether oxygens (including phenoxy) is 1. The predicted molar refractivity (Wildman–Crippen MR) is 134 cm³/mol. The zero-order valence-electron chi connectivity index (χ0n) is 19.3. The van der Waals surface area contributed by atoms with E-state index in [-0.39, 0.29) is 30.4 Å². The van der Waals surface area contributed by atoms with Crippen LogP contribution < -0.4 is 5.32 Å². The average Bonchev–Trinajstić information content (AvgIpc) is 3.26. The van der Waals surface area contributed by atoms with Crippen molar-refractivity contribution in [3.05, 3.63) is 101 Å². The number of hydrogen-bond donors (Lipinski definition) is 2. The topological polar surface area (TPSA) is 93.5 Å². The molecule has 1 heterocycles. The molecule has 1 aromatic heterocycles. The van der Waals surface area contributed by atoms with E-state index in [0.717, 1.165) is 15.8 Å². The fraction of sp³-hybridized carbons (Fsp3) is 0.148. The minimum Gasteiger partial charge on any atom is -0.493 e. The second kappa shape index (κ2) is 11.0. The zero-order valence-corrected chi connectivity index (χ0v) is 20.1. The van der Waals surface area contributed by atoms with Gasteiger partial charge in [0.25, 0.3) is 5.91 Å². The van der Waals surface area contributed by atoms with Crippen molar-refractivity contribution in [2.24, 2.45) is 0 Å². The van der Waals surface area contributed by atoms with Crippen LogP contribution in [0, 0.1) is 5.82 Å². The van der Waals surface area contributed by atoms with Gasteiger partial charge in [0.2, 0.25) is 5.88 Å². The van der Waals surface area contributed by atoms with Crippen molar-refractivity contribution in [3.63, 3.8) is 0 Å². The maximum absolute atomic E-state index is 13.2. The molecule has 0 saturated carbocycles. The summed E-state index contributed by atoms with van der Waals surface area (Å²) in [5.74, 6) is -1.66. The Labute approximate surface area is 212 Å². The first-order valence-corrected chi connectivity index (χ1v) is 11.6. The van der Waals surface area contributed by atoms with Crippen LogP contribution in [0.3, 0.4) is 0 Å². The molecule has 2 N–H and O–H groups in total. The van der Waals surface area contributed by atoms with Crippen LogP contribution in [0.1, 0.15) is 35.4 Å². The monoisotopic (exact) mass is 507 g/mol. The largest absolute Gasteiger partial charge is 0.493 e. The molecule has 0 saturated heterocycles. The number of nitrogens with zero attached hydrogens (tertiary/aromatic N) is 2. The molecule has 4 rings (SSSR count). The third-order valence-corrected chi connectivity index (χ3v) is 5.80. The second-order valence-electron chi connectivity index (χ2n) is 7.92. The van der Waals surface area contributed by atoms with E-state index in [9.17, 15) is 19.1 Å². The number of carbonyl (C=O) groups is 2. The molecule has 1 unspecified atom stereocenters. The molecular weight excluding hydrogens is 485 g/mol. The van der Waals surface area contributed by atoms with Gasteiger partial charge in [-0.3, -0.25) is 9.59 Å². The van der Waals surface area contributed by atoms with Crippen LogP contribution >= 0.6 is 11.6 Å². The number of rotatable bonds is 8. The van der Waals surface area contributed by atoms with Crippen LogP contribution in [0.2, 0.25) is 5.02 Å². The number of aromatic hydroxyl groups is 1. The first-order valence-electron chi connectivity index (χ1n) is 11.2. The lowest BCUT2D eigenvalue weighted by atomic mass is 9.99. The number of hydrogen-bond acceptors (Lipinski definition) is 5. The average molecular weight is 508 g/mol. The summed E-state index contributed by atoms with van der Waals surface area (Å²) < 4.78 is 19.5. The van der Waals surface area contributed by atoms with Crippen molar-refractivity contribution in [2.45, 2.75) is 19.4 Å². The van der Waals surface area contributed by atoms with Crippen molar-refractivity contribution in [1.29, 1.82) is 0 Å². The SMILES string of the molecule is CCOC(=O)CC(NC(=O)c1cc(O)n(-c2ccccc2Cl)n1)c1ccc(-c2ccc(F)cc2)cc1. The van der Waals surface area contributed by atoms with E-state index in [4.69, 9.17) is 16.3 Å². The summed E-state index contributed by atoms with van der Waals surface area (Å²) in [5, 5.41) is 17.7. The maximum Gasteiger partial charge on any atom is 0.308 e. The molecule has 184 valence electrons. The molecule has 0 aliphatic rings. The number of nitrogens with one attached hydrogen (secondary N) is 1. The van der Waals surface area contributed by atoms with Crippen LogP contribution in [0.5, 0.6) is 5.88 Å². The molecule has 36 heavy (non-hydrogen) atoms. The van der Waals surface area contributed by atoms with Gasteiger partial charge in [-0.15, -0.1) is 0 Å². The minimum atomic E-state index is -0.716. The van der Waals surface area contributed by atoms with Gasteiger partial charge < -0.3 is 15.2 Å². The molecule has 0 fully saturated rings. The molecule has 0 aliphatic carbocycles. The van der Waals surface area contributed by atoms with Gasteiger partial charge in [-0.25, -0.2) is 4.39 Å². The normalized spacial score (nSPS) is 11.6. The lowest BCUT2D eigenvalue weighted by Crippen LogP contribution is -2.31. The molecule has 0 radical (unpaired) electrons. The van der Waals surface area contributed by atoms with E-state index in [1.165, 1.54) is 18.2 Å². The summed E-state index contributed by atoms with van der Waals surface area (Å²) in [6, 6.07) is 20.6. The Bertz CT molecular complexity index is 1370. The van der Waals surface area contributed by atoms with Gasteiger partial charge in [0.15, 0.2) is 5.69 Å². The maximum atomic E-state index is 13.2. The molecule has 0 aliphatic heterocycles. The van der Waals surface area contributed by atoms with Crippen LogP contribution in [-0.2, 0) is 9.53 Å². The van der Waals surface area contributed by atoms with E-state index in [1.54, 1.807) is 55.5 Å². The molecular formula is C27H23ClFN3O4. The zero-order chi connectivity index (χ0) is 25.7. The summed E-state index contributed by atoms with van der Waals surface area (Å²) in [6.45, 7) is 1.91. The summed E-state index contributed by atoms with van der Waals surface area (Å²) in [4.78, 5) is 25.3. The van der Waals surface area contributed by atoms with Crippen molar-refractivity contribution in [3.8, 4) is 22.7 Å². The first-order chi connectivity index (χ1) is 17.4. The molecule has 0 bridgehead atoms. The first kappa shape index (κ1) is 24.9. The molecule has 9 heteroatoms. The molecule has 1 amide bonds. The molecule has 3 aromatic carbocycles. The molecule has 1 atom stereocenters. The number of para-hydroxylation sites is 1. The van der Waals surface area contributed by atoms with Gasteiger partial charge in [0, 0.05) is 6.07 Å². The van der Waals surface area contributed by atoms with E-state index in [1.807, 2.05) is 12.1 Å². The summed E-state index contributed by atoms with van der Waals surface area (Å²) >= 11 is 6.19. The highest BCUT2D eigenvalue weighted by Crippen LogP contribution is 2.27. The molecule has 4 aromatic rings. The van der Waals surface area contributed by atoms with Crippen molar-refractivity contribution >= 4 is 23.5 Å². The third kappa shape index (κ3) is 5.72. The second-order valence-corrected chi connectivity index (χ2v) is 8.32. The Morgan fingerprint density at radius 1 is 1.06 bits per heavy atom. The Hall–Kier alpha value is -4.17. The molecule has 0 spiro atoms. The Kier molecular flexibility index (Phi) is 7.65. The van der Waals surface area contributed by atoms with Crippen LogP contribution in [-0.4, -0.2) is 33.4 Å². The highest BCUT2D eigenvalue weighted by Gasteiger charge is 2.23. The third-order valence-electron chi connectivity index (χ3n) is 5.48. The Morgan fingerprint density at radius 2 is 1.69 bits per heavy atom. The van der Waals surface area contributed by atoms with E-state index in [2.05, 4.69) is 10.4 Å². The van der Waals surface area contributed by atoms with Gasteiger partial charge >= 0.3 is 5.97 Å². The smallest absolute Gasteiger partial charge is 0.308 e.